The van der Waals surface area contributed by atoms with Crippen LogP contribution < -0.4 is 36.3 Å². The molecule has 8 atom stereocenters. The van der Waals surface area contributed by atoms with Crippen molar-refractivity contribution in [1.29, 1.82) is 0 Å². The van der Waals surface area contributed by atoms with Gasteiger partial charge in [-0.15, -0.1) is 0 Å². The number of fused-ring (bicyclic) bond motifs is 6. The molecule has 4 aliphatic rings. The monoisotopic (exact) mass is 1080 g/mol. The molecule has 0 aromatic heterocycles. The van der Waals surface area contributed by atoms with Crippen molar-refractivity contribution < 1.29 is 51.4 Å². The van der Waals surface area contributed by atoms with E-state index in [0.717, 1.165) is 15.9 Å². The quantitative estimate of drug-likeness (QED) is 0.206. The fourth-order valence-electron chi connectivity index (χ4n) is 9.01. The molecule has 0 aliphatic carbocycles. The van der Waals surface area contributed by atoms with Crippen LogP contribution in [0, 0.1) is 0 Å². The van der Waals surface area contributed by atoms with Crippen LogP contribution in [0.2, 0.25) is 0 Å². The third-order valence-corrected chi connectivity index (χ3v) is 41.9. The molecule has 0 radical (unpaired) electrons. The van der Waals surface area contributed by atoms with Crippen molar-refractivity contribution in [3.8, 4) is 0 Å². The van der Waals surface area contributed by atoms with Crippen LogP contribution in [-0.2, 0) is 47.8 Å². The highest BCUT2D eigenvalue weighted by atomic mass is 28.6. The molecule has 0 spiro atoms. The van der Waals surface area contributed by atoms with Crippen LogP contribution >= 0.6 is 0 Å². The lowest BCUT2D eigenvalue weighted by Crippen LogP contribution is -2.81. The first-order valence-electron chi connectivity index (χ1n) is 23.4. The van der Waals surface area contributed by atoms with Crippen LogP contribution in [0.15, 0.2) is 243 Å². The fourth-order valence-corrected chi connectivity index (χ4v) is 45.1. The Morgan fingerprint density at radius 1 is 0.352 bits per heavy atom. The Morgan fingerprint density at radius 3 is 1.24 bits per heavy atom. The molecule has 358 valence electrons. The van der Waals surface area contributed by atoms with E-state index in [1.165, 1.54) is 0 Å². The summed E-state index contributed by atoms with van der Waals surface area (Å²) < 4.78 is 77.1. The minimum Gasteiger partial charge on any atom is -0.409 e. The van der Waals surface area contributed by atoms with Crippen molar-refractivity contribution in [3.63, 3.8) is 0 Å². The van der Waals surface area contributed by atoms with E-state index >= 15 is 0 Å². The molecule has 4 saturated heterocycles. The van der Waals surface area contributed by atoms with Crippen LogP contribution in [0.3, 0.4) is 0 Å². The van der Waals surface area contributed by atoms with Crippen LogP contribution in [0.1, 0.15) is 5.56 Å². The number of rotatable bonds is 9. The Kier molecular flexibility index (Phi) is 13.9. The molecule has 20 heteroatoms. The van der Waals surface area contributed by atoms with Gasteiger partial charge in [-0.2, -0.15) is 0 Å². The first-order valence-corrected chi connectivity index (χ1v) is 37.6. The molecule has 8 unspecified atom stereocenters. The number of benzene rings is 8. The smallest absolute Gasteiger partial charge is 0.409 e. The Hall–Kier alpha value is -4.98. The van der Waals surface area contributed by atoms with Gasteiger partial charge in [-0.05, 0) is 21.1 Å². The second kappa shape index (κ2) is 20.5. The zero-order valence-corrected chi connectivity index (χ0v) is 46.7. The van der Waals surface area contributed by atoms with Crippen molar-refractivity contribution in [2.75, 3.05) is 12.5 Å². The summed E-state index contributed by atoms with van der Waals surface area (Å²) in [5, 5.41) is 3.97. The maximum Gasteiger partial charge on any atom is 0.525 e. The molecule has 8 aromatic rings. The molecular formula is C51H50O12Si8. The first-order chi connectivity index (χ1) is 34.7. The summed E-state index contributed by atoms with van der Waals surface area (Å²) in [6, 6.07) is 76.1. The summed E-state index contributed by atoms with van der Waals surface area (Å²) in [6.07, 6.45) is -0.525. The molecular weight excluding hydrogens is 1030 g/mol. The van der Waals surface area contributed by atoms with Crippen LogP contribution in [0.25, 0.3) is 0 Å². The second-order valence-electron chi connectivity index (χ2n) is 17.4. The predicted molar refractivity (Wildman–Crippen MR) is 287 cm³/mol. The molecule has 71 heavy (non-hydrogen) atoms. The van der Waals surface area contributed by atoms with Crippen molar-refractivity contribution in [3.05, 3.63) is 248 Å². The molecule has 12 nitrogen and oxygen atoms in total. The molecule has 0 amide bonds. The van der Waals surface area contributed by atoms with Crippen molar-refractivity contribution in [1.82, 2.24) is 0 Å². The third-order valence-electron chi connectivity index (χ3n) is 12.4. The Labute approximate surface area is 422 Å². The average molecular weight is 1080 g/mol. The summed E-state index contributed by atoms with van der Waals surface area (Å²) in [6.45, 7) is 0. The molecule has 4 aliphatic heterocycles. The highest BCUT2D eigenvalue weighted by Gasteiger charge is 2.71. The Morgan fingerprint density at radius 2 is 0.746 bits per heavy atom. The topological polar surface area (TPSA) is 133 Å². The Balaban J connectivity index is 1.29. The van der Waals surface area contributed by atoms with E-state index in [9.17, 15) is 9.59 Å². The van der Waals surface area contributed by atoms with E-state index < -0.39 is 70.9 Å². The molecule has 4 heterocycles. The van der Waals surface area contributed by atoms with Crippen molar-refractivity contribution in [2.45, 2.75) is 6.04 Å². The highest BCUT2D eigenvalue weighted by molar-refractivity contribution is 7.04. The maximum absolute atomic E-state index is 14.1. The van der Waals surface area contributed by atoms with Crippen LogP contribution in [0.5, 0.6) is 0 Å². The number of hydrogen-bond acceptors (Lipinski definition) is 12. The lowest BCUT2D eigenvalue weighted by atomic mass is 10.2. The minimum atomic E-state index is -4.99. The zero-order chi connectivity index (χ0) is 48.3. The van der Waals surface area contributed by atoms with Gasteiger partial charge in [0.15, 0.2) is 0 Å². The highest BCUT2D eigenvalue weighted by Crippen LogP contribution is 2.36. The van der Waals surface area contributed by atoms with Gasteiger partial charge in [0.2, 0.25) is 0 Å². The van der Waals surface area contributed by atoms with Gasteiger partial charge in [0.1, 0.15) is 0 Å². The van der Waals surface area contributed by atoms with E-state index in [0.29, 0.717) is 25.9 Å². The first kappa shape index (κ1) is 48.3. The maximum atomic E-state index is 14.1. The lowest BCUT2D eigenvalue weighted by Gasteiger charge is -2.48. The SMILES string of the molecule is O[Si]1(c2ccccc2)OC[Si]2(c3ccccc3)O[SiH](c3ccccc3)OC[Si](Cc3ccccc3)(O1)O[Si]1(c3ccccc3)O[SiH](c3ccccc3)O[Si](c3ccccc3)(O[Si](O)(c3ccccc3)O1)O2. The Bertz CT molecular complexity index is 3000. The molecule has 12 rings (SSSR count). The van der Waals surface area contributed by atoms with E-state index in [-0.39, 0.29) is 18.5 Å². The molecule has 8 aromatic carbocycles. The lowest BCUT2D eigenvalue weighted by molar-refractivity contribution is 0.121. The van der Waals surface area contributed by atoms with Crippen LogP contribution in [0.4, 0.5) is 0 Å². The van der Waals surface area contributed by atoms with Gasteiger partial charge in [-0.3, -0.25) is 0 Å². The summed E-state index contributed by atoms with van der Waals surface area (Å²) >= 11 is 0. The third kappa shape index (κ3) is 10.1. The number of hydrogen-bond donors (Lipinski definition) is 2. The van der Waals surface area contributed by atoms with Gasteiger partial charge in [-0.25, -0.2) is 0 Å². The van der Waals surface area contributed by atoms with Crippen molar-refractivity contribution in [2.24, 2.45) is 0 Å². The van der Waals surface area contributed by atoms with Gasteiger partial charge in [0.05, 0.1) is 12.5 Å². The standard InChI is InChI=1S/C51H50O12Si8/c52-68(48-33-17-5-18-34-48)55-43-67(47-31-15-4-16-32-47)56-64(45-27-11-2-12-28-45)54-42-66(59-68,41-44-25-9-1-10-26-44)60-70(50-37-21-7-22-38-50)57-65(46-29-13-3-14-30-46)58-71(61-67,51-39-23-8-24-40-51)63-69(53,62-70)49-35-19-6-20-36-49/h1-40,52-53,64-65H,41-43H2. The van der Waals surface area contributed by atoms with E-state index in [4.69, 9.17) is 41.8 Å². The van der Waals surface area contributed by atoms with Crippen LogP contribution in [-0.4, -0.2) is 93.0 Å². The van der Waals surface area contributed by atoms with Gasteiger partial charge in [-0.1, -0.05) is 243 Å². The summed E-state index contributed by atoms with van der Waals surface area (Å²) in [5.74, 6) is 0. The second-order valence-corrected chi connectivity index (χ2v) is 39.3. The molecule has 4 bridgehead atoms. The fraction of sp³-hybridized carbons (Fsp3) is 0.0588. The van der Waals surface area contributed by atoms with E-state index in [1.807, 2.05) is 218 Å². The average Bonchev–Trinajstić information content (AvgIpc) is 3.44. The van der Waals surface area contributed by atoms with Gasteiger partial charge >= 0.3 is 70.9 Å². The minimum absolute atomic E-state index is 0.120. The van der Waals surface area contributed by atoms with Gasteiger partial charge in [0, 0.05) is 26.8 Å². The largest absolute Gasteiger partial charge is 0.525 e. The zero-order valence-electron chi connectivity index (χ0n) is 38.3. The summed E-state index contributed by atoms with van der Waals surface area (Å²) in [4.78, 5) is 27.9. The predicted octanol–water partition coefficient (Wildman–Crippen LogP) is 2.47. The van der Waals surface area contributed by atoms with Gasteiger partial charge in [0.25, 0.3) is 0 Å². The normalized spacial score (nSPS) is 30.1. The summed E-state index contributed by atoms with van der Waals surface area (Å²) in [5.41, 5.74) is 0.835. The molecule has 0 saturated carbocycles. The molecule has 2 N–H and O–H groups in total. The van der Waals surface area contributed by atoms with E-state index in [1.54, 1.807) is 24.3 Å². The van der Waals surface area contributed by atoms with Gasteiger partial charge < -0.3 is 51.4 Å². The summed E-state index contributed by atoms with van der Waals surface area (Å²) in [7, 11) is -34.8. The van der Waals surface area contributed by atoms with Crippen molar-refractivity contribution >= 4 is 107 Å². The van der Waals surface area contributed by atoms with E-state index in [2.05, 4.69) is 0 Å². The molecule has 4 fully saturated rings.